The third-order valence-electron chi connectivity index (χ3n) is 3.19. The zero-order valence-electron chi connectivity index (χ0n) is 14.0. The van der Waals surface area contributed by atoms with Gasteiger partial charge in [0.15, 0.2) is 0 Å². The van der Waals surface area contributed by atoms with E-state index in [2.05, 4.69) is 5.32 Å². The fraction of sp³-hybridized carbons (Fsp3) is 0.533. The first-order valence-corrected chi connectivity index (χ1v) is 7.87. The second-order valence-electron chi connectivity index (χ2n) is 5.64. The van der Waals surface area contributed by atoms with Gasteiger partial charge in [-0.25, -0.2) is 0 Å². The lowest BCUT2D eigenvalue weighted by molar-refractivity contribution is -0.139. The van der Waals surface area contributed by atoms with E-state index in [0.717, 1.165) is 4.90 Å². The summed E-state index contributed by atoms with van der Waals surface area (Å²) in [5, 5.41) is 1.97. The molecule has 1 heterocycles. The van der Waals surface area contributed by atoms with Crippen LogP contribution in [-0.4, -0.2) is 40.4 Å². The maximum atomic E-state index is 12.8. The van der Waals surface area contributed by atoms with E-state index in [0.29, 0.717) is 16.8 Å². The number of pyridine rings is 1. The number of aromatic nitrogens is 1. The molecule has 25 heavy (non-hydrogen) atoms. The first-order chi connectivity index (χ1) is 11.5. The summed E-state index contributed by atoms with van der Waals surface area (Å²) in [6.45, 7) is 4.37. The summed E-state index contributed by atoms with van der Waals surface area (Å²) in [5.41, 5.74) is -2.05. The second kappa shape index (κ2) is 8.37. The number of halogens is 4. The Morgan fingerprint density at radius 3 is 2.44 bits per heavy atom. The molecule has 0 atom stereocenters. The van der Waals surface area contributed by atoms with E-state index in [9.17, 15) is 27.6 Å². The van der Waals surface area contributed by atoms with Crippen LogP contribution in [0.2, 0.25) is 5.02 Å². The predicted octanol–water partition coefficient (Wildman–Crippen LogP) is 1.89. The molecule has 0 bridgehead atoms. The van der Waals surface area contributed by atoms with Crippen molar-refractivity contribution in [3.63, 3.8) is 0 Å². The minimum absolute atomic E-state index is 0.119. The summed E-state index contributed by atoms with van der Waals surface area (Å²) < 4.78 is 39.0. The number of hydrogen-bond acceptors (Lipinski definition) is 3. The lowest BCUT2D eigenvalue weighted by Crippen LogP contribution is -2.44. The summed E-state index contributed by atoms with van der Waals surface area (Å²) in [4.78, 5) is 37.0. The summed E-state index contributed by atoms with van der Waals surface area (Å²) in [6, 6.07) is 0.393. The van der Waals surface area contributed by atoms with Gasteiger partial charge >= 0.3 is 6.18 Å². The standard InChI is InChI=1S/C15H19ClF3N3O3/c1-4-21(7-12(23)20-9(2)3)13(24)8-22-6-10(15(17,18)19)5-11(16)14(22)25/h5-6,9H,4,7-8H2,1-3H3,(H,20,23). The zero-order chi connectivity index (χ0) is 19.4. The molecule has 0 aliphatic heterocycles. The summed E-state index contributed by atoms with van der Waals surface area (Å²) >= 11 is 5.54. The number of carbonyl (C=O) groups excluding carboxylic acids is 2. The summed E-state index contributed by atoms with van der Waals surface area (Å²) in [5.74, 6) is -1.07. The van der Waals surface area contributed by atoms with Crippen LogP contribution >= 0.6 is 11.6 Å². The number of hydrogen-bond donors (Lipinski definition) is 1. The van der Waals surface area contributed by atoms with Gasteiger partial charge in [-0.15, -0.1) is 0 Å². The highest BCUT2D eigenvalue weighted by Crippen LogP contribution is 2.29. The highest BCUT2D eigenvalue weighted by Gasteiger charge is 2.32. The van der Waals surface area contributed by atoms with E-state index in [1.54, 1.807) is 20.8 Å². The monoisotopic (exact) mass is 381 g/mol. The van der Waals surface area contributed by atoms with Crippen molar-refractivity contribution in [2.24, 2.45) is 0 Å². The van der Waals surface area contributed by atoms with Crippen molar-refractivity contribution < 1.29 is 22.8 Å². The predicted molar refractivity (Wildman–Crippen MR) is 86.2 cm³/mol. The van der Waals surface area contributed by atoms with Crippen molar-refractivity contribution in [2.75, 3.05) is 13.1 Å². The Balaban J connectivity index is 3.00. The first kappa shape index (κ1) is 21.0. The van der Waals surface area contributed by atoms with Crippen LogP contribution in [0.25, 0.3) is 0 Å². The van der Waals surface area contributed by atoms with Crippen LogP contribution in [0.1, 0.15) is 26.3 Å². The van der Waals surface area contributed by atoms with Crippen molar-refractivity contribution in [3.8, 4) is 0 Å². The van der Waals surface area contributed by atoms with Gasteiger partial charge in [-0.3, -0.25) is 14.4 Å². The van der Waals surface area contributed by atoms with Crippen LogP contribution in [0.5, 0.6) is 0 Å². The summed E-state index contributed by atoms with van der Waals surface area (Å²) in [6.07, 6.45) is -4.17. The Labute approximate surface area is 147 Å². The Morgan fingerprint density at radius 2 is 1.96 bits per heavy atom. The average molecular weight is 382 g/mol. The maximum Gasteiger partial charge on any atom is 0.417 e. The molecule has 0 aliphatic rings. The molecule has 0 saturated heterocycles. The molecule has 1 aromatic rings. The van der Waals surface area contributed by atoms with E-state index in [4.69, 9.17) is 11.6 Å². The molecule has 1 rings (SSSR count). The Bertz CT molecular complexity index is 701. The van der Waals surface area contributed by atoms with Crippen LogP contribution in [-0.2, 0) is 22.3 Å². The Kier molecular flexibility index (Phi) is 7.04. The molecule has 0 aliphatic carbocycles. The third-order valence-corrected chi connectivity index (χ3v) is 3.46. The van der Waals surface area contributed by atoms with Gasteiger partial charge in [0.05, 0.1) is 12.1 Å². The van der Waals surface area contributed by atoms with Crippen LogP contribution < -0.4 is 10.9 Å². The number of alkyl halides is 3. The quantitative estimate of drug-likeness (QED) is 0.818. The molecule has 1 N–H and O–H groups in total. The molecule has 10 heteroatoms. The number of carbonyl (C=O) groups is 2. The zero-order valence-corrected chi connectivity index (χ0v) is 14.7. The van der Waals surface area contributed by atoms with Gasteiger partial charge in [-0.05, 0) is 26.8 Å². The fourth-order valence-corrected chi connectivity index (χ4v) is 2.26. The molecule has 0 saturated carbocycles. The molecule has 6 nitrogen and oxygen atoms in total. The molecule has 140 valence electrons. The first-order valence-electron chi connectivity index (χ1n) is 7.50. The summed E-state index contributed by atoms with van der Waals surface area (Å²) in [7, 11) is 0. The van der Waals surface area contributed by atoms with Crippen molar-refractivity contribution in [1.29, 1.82) is 0 Å². The molecule has 2 amide bonds. The number of likely N-dealkylation sites (N-methyl/N-ethyl adjacent to an activating group) is 1. The molecule has 0 spiro atoms. The van der Waals surface area contributed by atoms with E-state index in [1.807, 2.05) is 0 Å². The van der Waals surface area contributed by atoms with Gasteiger partial charge < -0.3 is 14.8 Å². The molecule has 0 unspecified atom stereocenters. The van der Waals surface area contributed by atoms with E-state index >= 15 is 0 Å². The highest BCUT2D eigenvalue weighted by molar-refractivity contribution is 6.30. The molecule has 1 aromatic heterocycles. The van der Waals surface area contributed by atoms with Crippen molar-refractivity contribution in [2.45, 2.75) is 39.5 Å². The van der Waals surface area contributed by atoms with Crippen LogP contribution in [0.15, 0.2) is 17.1 Å². The lowest BCUT2D eigenvalue weighted by atomic mass is 10.2. The van der Waals surface area contributed by atoms with E-state index in [1.165, 1.54) is 0 Å². The van der Waals surface area contributed by atoms with Crippen molar-refractivity contribution >= 4 is 23.4 Å². The number of rotatable bonds is 6. The van der Waals surface area contributed by atoms with Crippen LogP contribution in [0, 0.1) is 0 Å². The molecule has 0 radical (unpaired) electrons. The third kappa shape index (κ3) is 6.08. The Morgan fingerprint density at radius 1 is 1.36 bits per heavy atom. The second-order valence-corrected chi connectivity index (χ2v) is 6.04. The number of amides is 2. The normalized spacial score (nSPS) is 11.5. The number of nitrogens with one attached hydrogen (secondary N) is 1. The fourth-order valence-electron chi connectivity index (χ4n) is 2.03. The molecular weight excluding hydrogens is 363 g/mol. The molecule has 0 aromatic carbocycles. The van der Waals surface area contributed by atoms with Crippen LogP contribution in [0.4, 0.5) is 13.2 Å². The highest BCUT2D eigenvalue weighted by atomic mass is 35.5. The van der Waals surface area contributed by atoms with Crippen molar-refractivity contribution in [3.05, 3.63) is 33.2 Å². The van der Waals surface area contributed by atoms with Gasteiger partial charge in [-0.1, -0.05) is 11.6 Å². The average Bonchev–Trinajstić information content (AvgIpc) is 2.47. The van der Waals surface area contributed by atoms with Crippen molar-refractivity contribution in [1.82, 2.24) is 14.8 Å². The van der Waals surface area contributed by atoms with Gasteiger partial charge in [0.2, 0.25) is 11.8 Å². The van der Waals surface area contributed by atoms with Gasteiger partial charge in [0, 0.05) is 18.8 Å². The van der Waals surface area contributed by atoms with E-state index < -0.39 is 40.7 Å². The maximum absolute atomic E-state index is 12.8. The minimum Gasteiger partial charge on any atom is -0.352 e. The smallest absolute Gasteiger partial charge is 0.352 e. The molecule has 0 fully saturated rings. The minimum atomic E-state index is -4.70. The topological polar surface area (TPSA) is 71.4 Å². The van der Waals surface area contributed by atoms with E-state index in [-0.39, 0.29) is 19.1 Å². The largest absolute Gasteiger partial charge is 0.417 e. The Hall–Kier alpha value is -2.03. The molecular formula is C15H19ClF3N3O3. The SMILES string of the molecule is CCN(CC(=O)NC(C)C)C(=O)Cn1cc(C(F)(F)F)cc(Cl)c1=O. The lowest BCUT2D eigenvalue weighted by Gasteiger charge is -2.22. The van der Waals surface area contributed by atoms with Gasteiger partial charge in [0.1, 0.15) is 11.6 Å². The number of nitrogens with zero attached hydrogens (tertiary/aromatic N) is 2. The van der Waals surface area contributed by atoms with Gasteiger partial charge in [-0.2, -0.15) is 13.2 Å². The van der Waals surface area contributed by atoms with Gasteiger partial charge in [0.25, 0.3) is 5.56 Å². The van der Waals surface area contributed by atoms with Crippen LogP contribution in [0.3, 0.4) is 0 Å².